The first-order chi connectivity index (χ1) is 8.82. The van der Waals surface area contributed by atoms with Crippen molar-refractivity contribution >= 4 is 17.5 Å². The highest BCUT2D eigenvalue weighted by Crippen LogP contribution is 2.40. The van der Waals surface area contributed by atoms with E-state index in [1.807, 2.05) is 13.8 Å². The molecule has 1 aromatic rings. The summed E-state index contributed by atoms with van der Waals surface area (Å²) in [5, 5.41) is 12.7. The SMILES string of the molecule is CC1(C)C(O)CC1NC(=O)Cc1c(F)cccc1Cl. The third kappa shape index (κ3) is 2.74. The quantitative estimate of drug-likeness (QED) is 0.895. The van der Waals surface area contributed by atoms with E-state index in [-0.39, 0.29) is 34.4 Å². The van der Waals surface area contributed by atoms with Crippen molar-refractivity contribution in [2.75, 3.05) is 0 Å². The predicted octanol–water partition coefficient (Wildman–Crippen LogP) is 2.30. The number of aliphatic hydroxyl groups is 1. The number of hydrogen-bond donors (Lipinski definition) is 2. The van der Waals surface area contributed by atoms with Gasteiger partial charge in [-0.15, -0.1) is 0 Å². The van der Waals surface area contributed by atoms with Crippen molar-refractivity contribution in [2.24, 2.45) is 5.41 Å². The second-order valence-corrected chi connectivity index (χ2v) is 5.98. The van der Waals surface area contributed by atoms with Crippen LogP contribution in [0.25, 0.3) is 0 Å². The molecule has 2 unspecified atom stereocenters. The second-order valence-electron chi connectivity index (χ2n) is 5.57. The minimum atomic E-state index is -0.476. The van der Waals surface area contributed by atoms with E-state index in [2.05, 4.69) is 5.32 Å². The number of halogens is 2. The average molecular weight is 286 g/mol. The van der Waals surface area contributed by atoms with Crippen LogP contribution in [0.15, 0.2) is 18.2 Å². The Morgan fingerprint density at radius 3 is 2.79 bits per heavy atom. The molecule has 1 saturated carbocycles. The van der Waals surface area contributed by atoms with Gasteiger partial charge in [0.25, 0.3) is 0 Å². The Morgan fingerprint density at radius 1 is 1.58 bits per heavy atom. The zero-order valence-electron chi connectivity index (χ0n) is 10.9. The van der Waals surface area contributed by atoms with Crippen molar-refractivity contribution in [3.63, 3.8) is 0 Å². The van der Waals surface area contributed by atoms with E-state index in [0.717, 1.165) is 0 Å². The van der Waals surface area contributed by atoms with Crippen LogP contribution >= 0.6 is 11.6 Å². The molecule has 1 aliphatic carbocycles. The minimum Gasteiger partial charge on any atom is -0.392 e. The van der Waals surface area contributed by atoms with Gasteiger partial charge in [-0.05, 0) is 18.6 Å². The summed E-state index contributed by atoms with van der Waals surface area (Å²) in [6.07, 6.45) is 0.0348. The van der Waals surface area contributed by atoms with Crippen molar-refractivity contribution in [3.8, 4) is 0 Å². The predicted molar refractivity (Wildman–Crippen MR) is 71.4 cm³/mol. The van der Waals surface area contributed by atoms with Gasteiger partial charge in [0, 0.05) is 22.0 Å². The lowest BCUT2D eigenvalue weighted by Gasteiger charge is -2.49. The first-order valence-electron chi connectivity index (χ1n) is 6.22. The van der Waals surface area contributed by atoms with Crippen molar-refractivity contribution in [2.45, 2.75) is 38.8 Å². The number of benzene rings is 1. The molecule has 2 N–H and O–H groups in total. The van der Waals surface area contributed by atoms with E-state index in [1.165, 1.54) is 12.1 Å². The third-order valence-electron chi connectivity index (χ3n) is 3.95. The highest BCUT2D eigenvalue weighted by molar-refractivity contribution is 6.31. The highest BCUT2D eigenvalue weighted by Gasteiger charge is 2.47. The molecule has 0 spiro atoms. The van der Waals surface area contributed by atoms with Crippen molar-refractivity contribution in [3.05, 3.63) is 34.6 Å². The summed E-state index contributed by atoms with van der Waals surface area (Å²) in [7, 11) is 0. The number of amides is 1. The summed E-state index contributed by atoms with van der Waals surface area (Å²) in [5.41, 5.74) is -0.131. The van der Waals surface area contributed by atoms with E-state index in [0.29, 0.717) is 6.42 Å². The molecule has 0 bridgehead atoms. The van der Waals surface area contributed by atoms with Crippen LogP contribution in [0.4, 0.5) is 4.39 Å². The Bertz CT molecular complexity index is 484. The molecule has 3 nitrogen and oxygen atoms in total. The van der Waals surface area contributed by atoms with Gasteiger partial charge in [0.05, 0.1) is 12.5 Å². The van der Waals surface area contributed by atoms with E-state index in [9.17, 15) is 14.3 Å². The lowest BCUT2D eigenvalue weighted by Crippen LogP contribution is -2.61. The van der Waals surface area contributed by atoms with Crippen molar-refractivity contribution in [1.82, 2.24) is 5.32 Å². The summed E-state index contributed by atoms with van der Waals surface area (Å²) in [4.78, 5) is 11.9. The molecule has 1 amide bonds. The number of rotatable bonds is 3. The topological polar surface area (TPSA) is 49.3 Å². The van der Waals surface area contributed by atoms with Gasteiger partial charge in [-0.2, -0.15) is 0 Å². The molecule has 0 saturated heterocycles. The smallest absolute Gasteiger partial charge is 0.224 e. The molecule has 0 aliphatic heterocycles. The number of carbonyl (C=O) groups is 1. The maximum atomic E-state index is 13.6. The number of carbonyl (C=O) groups excluding carboxylic acids is 1. The normalized spacial score (nSPS) is 24.7. The third-order valence-corrected chi connectivity index (χ3v) is 4.30. The average Bonchev–Trinajstić information content (AvgIpc) is 2.34. The van der Waals surface area contributed by atoms with Gasteiger partial charge in [0.15, 0.2) is 0 Å². The van der Waals surface area contributed by atoms with Crippen LogP contribution < -0.4 is 5.32 Å². The van der Waals surface area contributed by atoms with Crippen LogP contribution in [0.1, 0.15) is 25.8 Å². The molecular weight excluding hydrogens is 269 g/mol. The largest absolute Gasteiger partial charge is 0.392 e. The van der Waals surface area contributed by atoms with Crippen molar-refractivity contribution < 1.29 is 14.3 Å². The molecule has 0 aromatic heterocycles. The molecule has 104 valence electrons. The highest BCUT2D eigenvalue weighted by atomic mass is 35.5. The second kappa shape index (κ2) is 5.10. The molecule has 2 atom stereocenters. The summed E-state index contributed by atoms with van der Waals surface area (Å²) < 4.78 is 13.6. The Balaban J connectivity index is 1.99. The van der Waals surface area contributed by atoms with Gasteiger partial charge in [-0.1, -0.05) is 31.5 Å². The maximum absolute atomic E-state index is 13.6. The molecule has 1 fully saturated rings. The first-order valence-corrected chi connectivity index (χ1v) is 6.60. The molecule has 19 heavy (non-hydrogen) atoms. The van der Waals surface area contributed by atoms with Gasteiger partial charge in [-0.3, -0.25) is 4.79 Å². The lowest BCUT2D eigenvalue weighted by molar-refractivity contribution is -0.128. The van der Waals surface area contributed by atoms with Crippen LogP contribution in [-0.2, 0) is 11.2 Å². The molecule has 0 radical (unpaired) electrons. The van der Waals surface area contributed by atoms with E-state index in [1.54, 1.807) is 6.07 Å². The van der Waals surface area contributed by atoms with Gasteiger partial charge < -0.3 is 10.4 Å². The van der Waals surface area contributed by atoms with E-state index in [4.69, 9.17) is 11.6 Å². The molecule has 1 aliphatic rings. The zero-order chi connectivity index (χ0) is 14.2. The fraction of sp³-hybridized carbons (Fsp3) is 0.500. The van der Waals surface area contributed by atoms with Gasteiger partial charge in [0.1, 0.15) is 5.82 Å². The summed E-state index contributed by atoms with van der Waals surface area (Å²) in [6.45, 7) is 3.78. The molecule has 5 heteroatoms. The molecule has 1 aromatic carbocycles. The van der Waals surface area contributed by atoms with Crippen LogP contribution in [0.2, 0.25) is 5.02 Å². The fourth-order valence-corrected chi connectivity index (χ4v) is 2.48. The Labute approximate surface area is 116 Å². The Kier molecular flexibility index (Phi) is 3.83. The molecule has 2 rings (SSSR count). The lowest BCUT2D eigenvalue weighted by atomic mass is 9.64. The summed E-state index contributed by atoms with van der Waals surface area (Å²) >= 11 is 5.88. The van der Waals surface area contributed by atoms with Gasteiger partial charge >= 0.3 is 0 Å². The summed E-state index contributed by atoms with van der Waals surface area (Å²) in [5.74, 6) is -0.757. The van der Waals surface area contributed by atoms with Crippen LogP contribution in [0, 0.1) is 11.2 Å². The van der Waals surface area contributed by atoms with Crippen LogP contribution in [-0.4, -0.2) is 23.2 Å². The van der Waals surface area contributed by atoms with E-state index < -0.39 is 11.9 Å². The Hall–Kier alpha value is -1.13. The van der Waals surface area contributed by atoms with Crippen LogP contribution in [0.5, 0.6) is 0 Å². The summed E-state index contributed by atoms with van der Waals surface area (Å²) in [6, 6.07) is 4.26. The number of hydrogen-bond acceptors (Lipinski definition) is 2. The van der Waals surface area contributed by atoms with Gasteiger partial charge in [-0.25, -0.2) is 4.39 Å². The zero-order valence-corrected chi connectivity index (χ0v) is 11.7. The van der Waals surface area contributed by atoms with Crippen molar-refractivity contribution in [1.29, 1.82) is 0 Å². The number of nitrogens with one attached hydrogen (secondary N) is 1. The minimum absolute atomic E-state index is 0.0828. The standard InChI is InChI=1S/C14H17ClFNO2/c1-14(2)11(7-12(14)18)17-13(19)6-8-9(15)4-3-5-10(8)16/h3-5,11-12,18H,6-7H2,1-2H3,(H,17,19). The van der Waals surface area contributed by atoms with E-state index >= 15 is 0 Å². The van der Waals surface area contributed by atoms with Gasteiger partial charge in [0.2, 0.25) is 5.91 Å². The molecular formula is C14H17ClFNO2. The Morgan fingerprint density at radius 2 is 2.26 bits per heavy atom. The monoisotopic (exact) mass is 285 g/mol. The maximum Gasteiger partial charge on any atom is 0.224 e. The number of aliphatic hydroxyl groups excluding tert-OH is 1. The van der Waals surface area contributed by atoms with Crippen LogP contribution in [0.3, 0.4) is 0 Å². The molecule has 0 heterocycles. The fourth-order valence-electron chi connectivity index (χ4n) is 2.25. The first kappa shape index (κ1) is 14.3.